The molecule has 0 spiro atoms. The lowest BCUT2D eigenvalue weighted by molar-refractivity contribution is -0.384. The van der Waals surface area contributed by atoms with Crippen LogP contribution in [0.3, 0.4) is 0 Å². The zero-order valence-electron chi connectivity index (χ0n) is 9.43. The summed E-state index contributed by atoms with van der Waals surface area (Å²) in [4.78, 5) is 14.4. The molecule has 1 N–H and O–H groups in total. The summed E-state index contributed by atoms with van der Waals surface area (Å²) in [6, 6.07) is 1.59. The number of rotatable bonds is 5. The van der Waals surface area contributed by atoms with Gasteiger partial charge in [-0.15, -0.1) is 6.58 Å². The van der Waals surface area contributed by atoms with Crippen LogP contribution in [0.25, 0.3) is 0 Å². The highest BCUT2D eigenvalue weighted by Crippen LogP contribution is 2.23. The minimum absolute atomic E-state index is 0.0101. The largest absolute Gasteiger partial charge is 0.362 e. The third kappa shape index (κ3) is 3.05. The maximum absolute atomic E-state index is 10.8. The Morgan fingerprint density at radius 1 is 1.75 bits per heavy atom. The molecule has 1 rings (SSSR count). The smallest absolute Gasteiger partial charge is 0.311 e. The quantitative estimate of drug-likeness (QED) is 0.471. The molecule has 1 unspecified atom stereocenters. The molecule has 0 radical (unpaired) electrons. The minimum atomic E-state index is -0.428. The molecule has 0 bridgehead atoms. The lowest BCUT2D eigenvalue weighted by Gasteiger charge is -2.12. The van der Waals surface area contributed by atoms with Gasteiger partial charge >= 0.3 is 5.69 Å². The molecule has 0 fully saturated rings. The molecule has 86 valence electrons. The summed E-state index contributed by atoms with van der Waals surface area (Å²) in [6.45, 7) is 7.32. The van der Waals surface area contributed by atoms with Crippen LogP contribution in [0, 0.1) is 17.0 Å². The molecule has 0 amide bonds. The van der Waals surface area contributed by atoms with Gasteiger partial charge in [0, 0.05) is 18.3 Å². The summed E-state index contributed by atoms with van der Waals surface area (Å²) in [5, 5.41) is 13.8. The Balaban J connectivity index is 2.94. The van der Waals surface area contributed by atoms with Gasteiger partial charge < -0.3 is 5.32 Å². The molecular weight excluding hydrogens is 206 g/mol. The molecule has 5 heteroatoms. The van der Waals surface area contributed by atoms with E-state index < -0.39 is 4.92 Å². The highest BCUT2D eigenvalue weighted by atomic mass is 16.6. The third-order valence-corrected chi connectivity index (χ3v) is 2.10. The van der Waals surface area contributed by atoms with Gasteiger partial charge in [-0.3, -0.25) is 10.1 Å². The van der Waals surface area contributed by atoms with E-state index in [4.69, 9.17) is 0 Å². The fourth-order valence-corrected chi connectivity index (χ4v) is 1.35. The number of hydrogen-bond donors (Lipinski definition) is 1. The first-order valence-corrected chi connectivity index (χ1v) is 5.03. The van der Waals surface area contributed by atoms with Crippen LogP contribution in [0.5, 0.6) is 0 Å². The standard InChI is InChI=1S/C11H15N3O2/c1-4-5-9(3)13-11-10(14(15)16)6-8(2)7-12-11/h4,6-7,9H,1,5H2,2-3H3,(H,12,13). The Hall–Kier alpha value is -1.91. The Bertz CT molecular complexity index is 404. The van der Waals surface area contributed by atoms with Crippen LogP contribution >= 0.6 is 0 Å². The number of nitrogens with zero attached hydrogens (tertiary/aromatic N) is 2. The number of aromatic nitrogens is 1. The minimum Gasteiger partial charge on any atom is -0.362 e. The van der Waals surface area contributed by atoms with E-state index in [1.165, 1.54) is 6.07 Å². The van der Waals surface area contributed by atoms with Crippen molar-refractivity contribution in [2.45, 2.75) is 26.3 Å². The van der Waals surface area contributed by atoms with Crippen LogP contribution in [-0.4, -0.2) is 15.9 Å². The topological polar surface area (TPSA) is 68.1 Å². The van der Waals surface area contributed by atoms with Crippen molar-refractivity contribution in [3.63, 3.8) is 0 Å². The molecule has 1 heterocycles. The Labute approximate surface area is 94.4 Å². The molecular formula is C11H15N3O2. The third-order valence-electron chi connectivity index (χ3n) is 2.10. The van der Waals surface area contributed by atoms with Gasteiger partial charge in [0.15, 0.2) is 0 Å². The Morgan fingerprint density at radius 2 is 2.44 bits per heavy atom. The first-order valence-electron chi connectivity index (χ1n) is 5.03. The van der Waals surface area contributed by atoms with Crippen molar-refractivity contribution in [3.8, 4) is 0 Å². The lowest BCUT2D eigenvalue weighted by atomic mass is 10.2. The van der Waals surface area contributed by atoms with Gasteiger partial charge in [-0.1, -0.05) is 6.08 Å². The monoisotopic (exact) mass is 221 g/mol. The summed E-state index contributed by atoms with van der Waals surface area (Å²) < 4.78 is 0. The van der Waals surface area contributed by atoms with Crippen LogP contribution in [-0.2, 0) is 0 Å². The number of nitrogens with one attached hydrogen (secondary N) is 1. The number of anilines is 1. The van der Waals surface area contributed by atoms with Gasteiger partial charge in [-0.05, 0) is 25.8 Å². The second-order valence-electron chi connectivity index (χ2n) is 3.71. The van der Waals surface area contributed by atoms with Crippen molar-refractivity contribution in [2.75, 3.05) is 5.32 Å². The van der Waals surface area contributed by atoms with E-state index in [0.29, 0.717) is 5.82 Å². The van der Waals surface area contributed by atoms with E-state index in [1.54, 1.807) is 19.2 Å². The molecule has 0 aliphatic carbocycles. The van der Waals surface area contributed by atoms with Crippen LogP contribution in [0.2, 0.25) is 0 Å². The van der Waals surface area contributed by atoms with Gasteiger partial charge in [0.1, 0.15) is 0 Å². The van der Waals surface area contributed by atoms with Crippen LogP contribution in [0.1, 0.15) is 18.9 Å². The van der Waals surface area contributed by atoms with Crippen LogP contribution in [0.4, 0.5) is 11.5 Å². The molecule has 0 aliphatic heterocycles. The van der Waals surface area contributed by atoms with Crippen molar-refractivity contribution < 1.29 is 4.92 Å². The van der Waals surface area contributed by atoms with Crippen LogP contribution < -0.4 is 5.32 Å². The van der Waals surface area contributed by atoms with Gasteiger partial charge in [-0.25, -0.2) is 4.98 Å². The first-order chi connectivity index (χ1) is 7.54. The summed E-state index contributed by atoms with van der Waals surface area (Å²) in [5.74, 6) is 0.310. The average Bonchev–Trinajstić information content (AvgIpc) is 2.20. The molecule has 5 nitrogen and oxygen atoms in total. The number of pyridine rings is 1. The van der Waals surface area contributed by atoms with E-state index in [1.807, 2.05) is 6.92 Å². The summed E-state index contributed by atoms with van der Waals surface area (Å²) in [6.07, 6.45) is 4.10. The van der Waals surface area contributed by atoms with E-state index in [0.717, 1.165) is 12.0 Å². The molecule has 1 aromatic heterocycles. The summed E-state index contributed by atoms with van der Waals surface area (Å²) >= 11 is 0. The molecule has 0 aliphatic rings. The van der Waals surface area contributed by atoms with Crippen LogP contribution in [0.15, 0.2) is 24.9 Å². The van der Waals surface area contributed by atoms with Gasteiger partial charge in [0.25, 0.3) is 0 Å². The average molecular weight is 221 g/mol. The fraction of sp³-hybridized carbons (Fsp3) is 0.364. The fourth-order valence-electron chi connectivity index (χ4n) is 1.35. The van der Waals surface area contributed by atoms with E-state index in [-0.39, 0.29) is 11.7 Å². The molecule has 0 saturated carbocycles. The SMILES string of the molecule is C=CCC(C)Nc1ncc(C)cc1[N+](=O)[O-]. The van der Waals surface area contributed by atoms with E-state index in [9.17, 15) is 10.1 Å². The highest BCUT2D eigenvalue weighted by molar-refractivity contribution is 5.56. The first kappa shape index (κ1) is 12.2. The van der Waals surface area contributed by atoms with Crippen molar-refractivity contribution in [2.24, 2.45) is 0 Å². The van der Waals surface area contributed by atoms with Gasteiger partial charge in [0.2, 0.25) is 5.82 Å². The maximum atomic E-state index is 10.8. The molecule has 16 heavy (non-hydrogen) atoms. The number of hydrogen-bond acceptors (Lipinski definition) is 4. The maximum Gasteiger partial charge on any atom is 0.311 e. The Kier molecular flexibility index (Phi) is 3.99. The van der Waals surface area contributed by atoms with E-state index >= 15 is 0 Å². The second-order valence-corrected chi connectivity index (χ2v) is 3.71. The molecule has 1 atom stereocenters. The summed E-state index contributed by atoms with van der Waals surface area (Å²) in [7, 11) is 0. The number of nitro groups is 1. The zero-order chi connectivity index (χ0) is 12.1. The van der Waals surface area contributed by atoms with Crippen molar-refractivity contribution >= 4 is 11.5 Å². The van der Waals surface area contributed by atoms with E-state index in [2.05, 4.69) is 16.9 Å². The predicted molar refractivity (Wildman–Crippen MR) is 63.5 cm³/mol. The van der Waals surface area contributed by atoms with Gasteiger partial charge in [0.05, 0.1) is 4.92 Å². The molecule has 1 aromatic rings. The normalized spacial score (nSPS) is 11.9. The lowest BCUT2D eigenvalue weighted by Crippen LogP contribution is -2.16. The highest BCUT2D eigenvalue weighted by Gasteiger charge is 2.16. The van der Waals surface area contributed by atoms with Crippen molar-refractivity contribution in [3.05, 3.63) is 40.6 Å². The number of aryl methyl sites for hydroxylation is 1. The van der Waals surface area contributed by atoms with Crippen molar-refractivity contribution in [1.29, 1.82) is 0 Å². The second kappa shape index (κ2) is 5.25. The summed E-state index contributed by atoms with van der Waals surface area (Å²) in [5.41, 5.74) is 0.782. The molecule has 0 aromatic carbocycles. The van der Waals surface area contributed by atoms with Crippen molar-refractivity contribution in [1.82, 2.24) is 4.98 Å². The molecule has 0 saturated heterocycles. The van der Waals surface area contributed by atoms with Gasteiger partial charge in [-0.2, -0.15) is 0 Å². The Morgan fingerprint density at radius 3 is 3.00 bits per heavy atom. The predicted octanol–water partition coefficient (Wildman–Crippen LogP) is 2.67. The zero-order valence-corrected chi connectivity index (χ0v) is 9.43.